The molecule has 1 aliphatic carbocycles. The molecule has 1 aromatic rings. The topological polar surface area (TPSA) is 89.4 Å². The van der Waals surface area contributed by atoms with Crippen LogP contribution in [0.1, 0.15) is 31.7 Å². The van der Waals surface area contributed by atoms with Crippen LogP contribution in [-0.2, 0) is 16.1 Å². The molecule has 21 heavy (non-hydrogen) atoms. The third kappa shape index (κ3) is 4.29. The van der Waals surface area contributed by atoms with Gasteiger partial charge in [-0.2, -0.15) is 0 Å². The molecule has 1 fully saturated rings. The Balaban J connectivity index is 2.11. The summed E-state index contributed by atoms with van der Waals surface area (Å²) in [7, 11) is 0. The molecule has 0 saturated heterocycles. The number of hydrogen-bond donors (Lipinski definition) is 2. The van der Waals surface area contributed by atoms with E-state index >= 15 is 0 Å². The lowest BCUT2D eigenvalue weighted by Crippen LogP contribution is -2.49. The first kappa shape index (κ1) is 15.5. The van der Waals surface area contributed by atoms with Gasteiger partial charge in [-0.3, -0.25) is 9.59 Å². The number of nitrogens with zero attached hydrogens (tertiary/aromatic N) is 1. The van der Waals surface area contributed by atoms with E-state index in [1.54, 1.807) is 4.90 Å². The Morgan fingerprint density at radius 1 is 1.29 bits per heavy atom. The van der Waals surface area contributed by atoms with Crippen LogP contribution in [0.3, 0.4) is 0 Å². The van der Waals surface area contributed by atoms with Gasteiger partial charge in [-0.15, -0.1) is 0 Å². The highest BCUT2D eigenvalue weighted by Gasteiger charge is 2.36. The fraction of sp³-hybridized carbons (Fsp3) is 0.500. The van der Waals surface area contributed by atoms with Crippen molar-refractivity contribution in [2.45, 2.75) is 44.8 Å². The van der Waals surface area contributed by atoms with Crippen LogP contribution in [-0.4, -0.2) is 28.8 Å². The molecular weight excluding hydrogens is 266 g/mol. The maximum atomic E-state index is 12.5. The molecule has 5 heteroatoms. The number of carbonyl (C=O) groups excluding carboxylic acids is 2. The predicted octanol–water partition coefficient (Wildman–Crippen LogP) is 1.02. The average Bonchev–Trinajstić information content (AvgIpc) is 3.28. The molecule has 2 unspecified atom stereocenters. The summed E-state index contributed by atoms with van der Waals surface area (Å²) in [6.07, 6.45) is 2.18. The molecule has 5 nitrogen and oxygen atoms in total. The summed E-state index contributed by atoms with van der Waals surface area (Å²) in [6.45, 7) is 2.57. The lowest BCUT2D eigenvalue weighted by molar-refractivity contribution is -0.137. The summed E-state index contributed by atoms with van der Waals surface area (Å²) in [5, 5.41) is 0. The number of primary amides is 1. The van der Waals surface area contributed by atoms with E-state index in [1.165, 1.54) is 0 Å². The van der Waals surface area contributed by atoms with Crippen molar-refractivity contribution in [1.29, 1.82) is 0 Å². The van der Waals surface area contributed by atoms with E-state index in [0.29, 0.717) is 12.5 Å². The van der Waals surface area contributed by atoms with Gasteiger partial charge in [-0.1, -0.05) is 30.3 Å². The van der Waals surface area contributed by atoms with E-state index in [4.69, 9.17) is 11.5 Å². The van der Waals surface area contributed by atoms with Gasteiger partial charge >= 0.3 is 0 Å². The van der Waals surface area contributed by atoms with Crippen molar-refractivity contribution in [3.05, 3.63) is 35.9 Å². The molecule has 1 saturated carbocycles. The minimum atomic E-state index is -0.854. The second kappa shape index (κ2) is 6.72. The second-order valence-electron chi connectivity index (χ2n) is 5.81. The molecule has 0 bridgehead atoms. The van der Waals surface area contributed by atoms with Gasteiger partial charge in [0.05, 0.1) is 12.5 Å². The van der Waals surface area contributed by atoms with Gasteiger partial charge in [0.1, 0.15) is 0 Å². The fourth-order valence-corrected chi connectivity index (χ4v) is 2.55. The fourth-order valence-electron chi connectivity index (χ4n) is 2.55. The van der Waals surface area contributed by atoms with Gasteiger partial charge < -0.3 is 16.4 Å². The Kier molecular flexibility index (Phi) is 4.96. The molecule has 0 heterocycles. The highest BCUT2D eigenvalue weighted by molar-refractivity contribution is 5.87. The minimum Gasteiger partial charge on any atom is -0.370 e. The highest BCUT2D eigenvalue weighted by Crippen LogP contribution is 2.35. The summed E-state index contributed by atoms with van der Waals surface area (Å²) in [4.78, 5) is 25.3. The number of carbonyl (C=O) groups is 2. The smallest absolute Gasteiger partial charge is 0.240 e. The van der Waals surface area contributed by atoms with E-state index in [1.807, 2.05) is 30.3 Å². The van der Waals surface area contributed by atoms with Gasteiger partial charge in [-0.25, -0.2) is 0 Å². The number of benzene rings is 1. The molecule has 4 N–H and O–H groups in total. The highest BCUT2D eigenvalue weighted by atomic mass is 16.2. The Labute approximate surface area is 125 Å². The molecule has 0 aliphatic heterocycles. The lowest BCUT2D eigenvalue weighted by Gasteiger charge is -2.31. The summed E-state index contributed by atoms with van der Waals surface area (Å²) < 4.78 is 0. The molecule has 2 rings (SSSR count). The van der Waals surface area contributed by atoms with Crippen LogP contribution >= 0.6 is 0 Å². The number of amides is 2. The zero-order valence-electron chi connectivity index (χ0n) is 12.4. The number of hydrogen-bond acceptors (Lipinski definition) is 3. The SMILES string of the molecule is CC(C1CC1)N(Cc1ccccc1)C(=O)C(N)CC(N)=O. The molecule has 1 aliphatic rings. The molecule has 2 atom stereocenters. The maximum Gasteiger partial charge on any atom is 0.240 e. The molecule has 114 valence electrons. The molecule has 1 aromatic carbocycles. The minimum absolute atomic E-state index is 0.110. The zero-order chi connectivity index (χ0) is 15.4. The average molecular weight is 289 g/mol. The number of nitrogens with two attached hydrogens (primary N) is 2. The van der Waals surface area contributed by atoms with Crippen LogP contribution < -0.4 is 11.5 Å². The summed E-state index contributed by atoms with van der Waals surface area (Å²) >= 11 is 0. The van der Waals surface area contributed by atoms with E-state index in [0.717, 1.165) is 18.4 Å². The van der Waals surface area contributed by atoms with Gasteiger partial charge in [0.25, 0.3) is 0 Å². The summed E-state index contributed by atoms with van der Waals surface area (Å²) in [5.74, 6) is -0.204. The van der Waals surface area contributed by atoms with Crippen LogP contribution in [0.15, 0.2) is 30.3 Å². The van der Waals surface area contributed by atoms with E-state index in [9.17, 15) is 9.59 Å². The molecule has 0 spiro atoms. The third-order valence-corrected chi connectivity index (χ3v) is 4.01. The van der Waals surface area contributed by atoms with Crippen LogP contribution in [0.25, 0.3) is 0 Å². The molecule has 2 amide bonds. The van der Waals surface area contributed by atoms with Crippen LogP contribution in [0.2, 0.25) is 0 Å². The quantitative estimate of drug-likeness (QED) is 0.785. The van der Waals surface area contributed by atoms with Gasteiger partial charge in [0.2, 0.25) is 11.8 Å². The summed E-state index contributed by atoms with van der Waals surface area (Å²) in [5.41, 5.74) is 12.0. The van der Waals surface area contributed by atoms with E-state index in [2.05, 4.69) is 6.92 Å². The van der Waals surface area contributed by atoms with E-state index in [-0.39, 0.29) is 18.4 Å². The van der Waals surface area contributed by atoms with Gasteiger partial charge in [-0.05, 0) is 31.2 Å². The molecule has 0 aromatic heterocycles. The van der Waals surface area contributed by atoms with Crippen molar-refractivity contribution in [3.63, 3.8) is 0 Å². The Morgan fingerprint density at radius 2 is 1.90 bits per heavy atom. The molecule has 0 radical (unpaired) electrons. The third-order valence-electron chi connectivity index (χ3n) is 4.01. The van der Waals surface area contributed by atoms with E-state index < -0.39 is 11.9 Å². The summed E-state index contributed by atoms with van der Waals surface area (Å²) in [6, 6.07) is 9.09. The largest absolute Gasteiger partial charge is 0.370 e. The standard InChI is InChI=1S/C16H23N3O2/c1-11(13-7-8-13)19(10-12-5-3-2-4-6-12)16(21)14(17)9-15(18)20/h2-6,11,13-14H,7-10,17H2,1H3,(H2,18,20). The van der Waals surface area contributed by atoms with Crippen molar-refractivity contribution >= 4 is 11.8 Å². The second-order valence-corrected chi connectivity index (χ2v) is 5.81. The van der Waals surface area contributed by atoms with Crippen molar-refractivity contribution in [1.82, 2.24) is 4.90 Å². The monoisotopic (exact) mass is 289 g/mol. The lowest BCUT2D eigenvalue weighted by atomic mass is 10.1. The first-order chi connectivity index (χ1) is 9.99. The maximum absolute atomic E-state index is 12.5. The zero-order valence-corrected chi connectivity index (χ0v) is 12.4. The number of rotatable bonds is 7. The van der Waals surface area contributed by atoms with Gasteiger partial charge in [0.15, 0.2) is 0 Å². The van der Waals surface area contributed by atoms with Crippen LogP contribution in [0.5, 0.6) is 0 Å². The Bertz CT molecular complexity index is 500. The first-order valence-corrected chi connectivity index (χ1v) is 7.37. The predicted molar refractivity (Wildman–Crippen MR) is 81.0 cm³/mol. The Morgan fingerprint density at radius 3 is 2.43 bits per heavy atom. The Hall–Kier alpha value is -1.88. The van der Waals surface area contributed by atoms with Crippen molar-refractivity contribution in [3.8, 4) is 0 Å². The molecular formula is C16H23N3O2. The first-order valence-electron chi connectivity index (χ1n) is 7.37. The van der Waals surface area contributed by atoms with Gasteiger partial charge in [0, 0.05) is 12.6 Å². The van der Waals surface area contributed by atoms with Crippen molar-refractivity contribution in [2.24, 2.45) is 17.4 Å². The van der Waals surface area contributed by atoms with Crippen molar-refractivity contribution in [2.75, 3.05) is 0 Å². The van der Waals surface area contributed by atoms with Crippen LogP contribution in [0.4, 0.5) is 0 Å². The normalized spacial score (nSPS) is 17.0. The van der Waals surface area contributed by atoms with Crippen LogP contribution in [0, 0.1) is 5.92 Å². The van der Waals surface area contributed by atoms with Crippen molar-refractivity contribution < 1.29 is 9.59 Å².